The fourth-order valence-corrected chi connectivity index (χ4v) is 3.98. The van der Waals surface area contributed by atoms with Crippen LogP contribution in [-0.2, 0) is 12.8 Å². The zero-order chi connectivity index (χ0) is 22.0. The van der Waals surface area contributed by atoms with Crippen LogP contribution in [0.4, 0.5) is 17.6 Å². The Bertz CT molecular complexity index is 1050. The van der Waals surface area contributed by atoms with Crippen molar-refractivity contribution in [1.29, 1.82) is 0 Å². The van der Waals surface area contributed by atoms with Gasteiger partial charge in [0, 0.05) is 0 Å². The van der Waals surface area contributed by atoms with E-state index in [1.54, 1.807) is 0 Å². The van der Waals surface area contributed by atoms with Crippen molar-refractivity contribution in [3.05, 3.63) is 77.4 Å². The number of ether oxygens (including phenoxy) is 1. The van der Waals surface area contributed by atoms with Gasteiger partial charge in [-0.05, 0) is 71.3 Å². The minimum absolute atomic E-state index is 0.0523. The van der Waals surface area contributed by atoms with Crippen molar-refractivity contribution in [2.24, 2.45) is 0 Å². The third-order valence-corrected chi connectivity index (χ3v) is 5.69. The molecular formula is C26H24F4O. The van der Waals surface area contributed by atoms with Gasteiger partial charge in [0.1, 0.15) is 17.4 Å². The summed E-state index contributed by atoms with van der Waals surface area (Å²) < 4.78 is 61.3. The SMILES string of the molecule is CCCCCc1ccc(-c2cc(F)c(-c3ccc4c(c3)CCC(F)(F)O4)c(F)c2)cc1. The minimum Gasteiger partial charge on any atom is -0.432 e. The lowest BCUT2D eigenvalue weighted by Gasteiger charge is -2.25. The van der Waals surface area contributed by atoms with Gasteiger partial charge in [0.25, 0.3) is 0 Å². The van der Waals surface area contributed by atoms with Crippen LogP contribution in [0, 0.1) is 11.6 Å². The van der Waals surface area contributed by atoms with E-state index in [2.05, 4.69) is 11.7 Å². The first kappa shape index (κ1) is 21.4. The van der Waals surface area contributed by atoms with Crippen LogP contribution in [-0.4, -0.2) is 6.11 Å². The van der Waals surface area contributed by atoms with Crippen molar-refractivity contribution in [1.82, 2.24) is 0 Å². The summed E-state index contributed by atoms with van der Waals surface area (Å²) in [6, 6.07) is 14.7. The molecule has 0 saturated carbocycles. The van der Waals surface area contributed by atoms with Crippen LogP contribution in [0.3, 0.4) is 0 Å². The number of aryl methyl sites for hydroxylation is 2. The van der Waals surface area contributed by atoms with Crippen molar-refractivity contribution < 1.29 is 22.3 Å². The number of unbranched alkanes of at least 4 members (excludes halogenated alkanes) is 2. The third kappa shape index (κ3) is 4.76. The highest BCUT2D eigenvalue weighted by molar-refractivity contribution is 5.73. The second kappa shape index (κ2) is 8.74. The molecule has 3 aromatic rings. The highest BCUT2D eigenvalue weighted by Crippen LogP contribution is 2.39. The van der Waals surface area contributed by atoms with Crippen LogP contribution < -0.4 is 4.74 Å². The Hall–Kier alpha value is -2.82. The fraction of sp³-hybridized carbons (Fsp3) is 0.308. The number of benzene rings is 3. The molecule has 5 heteroatoms. The molecule has 1 aliphatic heterocycles. The first-order valence-electron chi connectivity index (χ1n) is 10.6. The van der Waals surface area contributed by atoms with Crippen LogP contribution in [0.25, 0.3) is 22.3 Å². The van der Waals surface area contributed by atoms with Crippen LogP contribution >= 0.6 is 0 Å². The number of hydrogen-bond acceptors (Lipinski definition) is 1. The predicted octanol–water partition coefficient (Wildman–Crippen LogP) is 7.95. The van der Waals surface area contributed by atoms with E-state index in [9.17, 15) is 17.6 Å². The van der Waals surface area contributed by atoms with Crippen molar-refractivity contribution in [2.45, 2.75) is 51.6 Å². The summed E-state index contributed by atoms with van der Waals surface area (Å²) in [4.78, 5) is 0. The Morgan fingerprint density at radius 3 is 2.19 bits per heavy atom. The van der Waals surface area contributed by atoms with Gasteiger partial charge < -0.3 is 4.74 Å². The number of rotatable bonds is 6. The molecule has 0 radical (unpaired) electrons. The van der Waals surface area contributed by atoms with E-state index < -0.39 is 24.2 Å². The fourth-order valence-electron chi connectivity index (χ4n) is 3.98. The molecule has 0 spiro atoms. The summed E-state index contributed by atoms with van der Waals surface area (Å²) in [5, 5.41) is 0. The molecule has 0 saturated heterocycles. The van der Waals surface area contributed by atoms with Gasteiger partial charge in [0.15, 0.2) is 0 Å². The van der Waals surface area contributed by atoms with E-state index in [0.29, 0.717) is 16.7 Å². The zero-order valence-corrected chi connectivity index (χ0v) is 17.4. The highest BCUT2D eigenvalue weighted by Gasteiger charge is 2.36. The van der Waals surface area contributed by atoms with Gasteiger partial charge in [0.2, 0.25) is 0 Å². The normalized spacial score (nSPS) is 14.7. The number of fused-ring (bicyclic) bond motifs is 1. The summed E-state index contributed by atoms with van der Waals surface area (Å²) >= 11 is 0. The molecule has 0 N–H and O–H groups in total. The van der Waals surface area contributed by atoms with Crippen molar-refractivity contribution >= 4 is 0 Å². The minimum atomic E-state index is -3.21. The summed E-state index contributed by atoms with van der Waals surface area (Å²) in [6.07, 6.45) is 0.868. The molecule has 0 atom stereocenters. The van der Waals surface area contributed by atoms with Crippen LogP contribution in [0.2, 0.25) is 0 Å². The lowest BCUT2D eigenvalue weighted by atomic mass is 9.95. The number of halogens is 4. The molecule has 3 aromatic carbocycles. The lowest BCUT2D eigenvalue weighted by Crippen LogP contribution is -2.29. The second-order valence-electron chi connectivity index (χ2n) is 8.03. The van der Waals surface area contributed by atoms with Gasteiger partial charge in [-0.3, -0.25) is 0 Å². The first-order chi connectivity index (χ1) is 14.9. The average molecular weight is 428 g/mol. The van der Waals surface area contributed by atoms with Gasteiger partial charge in [-0.15, -0.1) is 0 Å². The molecule has 162 valence electrons. The molecule has 4 rings (SSSR count). The maximum Gasteiger partial charge on any atom is 0.398 e. The molecule has 0 aromatic heterocycles. The molecule has 1 heterocycles. The zero-order valence-electron chi connectivity index (χ0n) is 17.4. The van der Waals surface area contributed by atoms with Gasteiger partial charge in [-0.2, -0.15) is 8.78 Å². The van der Waals surface area contributed by atoms with E-state index in [-0.39, 0.29) is 17.7 Å². The maximum atomic E-state index is 14.9. The van der Waals surface area contributed by atoms with E-state index >= 15 is 0 Å². The summed E-state index contributed by atoms with van der Waals surface area (Å²) in [6.45, 7) is 2.16. The Morgan fingerprint density at radius 1 is 0.839 bits per heavy atom. The number of hydrogen-bond donors (Lipinski definition) is 0. The summed E-state index contributed by atoms with van der Waals surface area (Å²) in [5.74, 6) is -1.33. The Balaban J connectivity index is 1.60. The third-order valence-electron chi connectivity index (χ3n) is 5.69. The largest absolute Gasteiger partial charge is 0.432 e. The predicted molar refractivity (Wildman–Crippen MR) is 114 cm³/mol. The maximum absolute atomic E-state index is 14.9. The molecule has 0 aliphatic carbocycles. The molecular weight excluding hydrogens is 404 g/mol. The van der Waals surface area contributed by atoms with E-state index in [1.807, 2.05) is 24.3 Å². The van der Waals surface area contributed by atoms with Gasteiger partial charge in [0.05, 0.1) is 12.0 Å². The molecule has 0 unspecified atom stereocenters. The van der Waals surface area contributed by atoms with Gasteiger partial charge in [-0.25, -0.2) is 8.78 Å². The average Bonchev–Trinajstić information content (AvgIpc) is 2.73. The summed E-state index contributed by atoms with van der Waals surface area (Å²) in [5.41, 5.74) is 3.06. The Morgan fingerprint density at radius 2 is 1.52 bits per heavy atom. The van der Waals surface area contributed by atoms with Crippen molar-refractivity contribution in [3.63, 3.8) is 0 Å². The van der Waals surface area contributed by atoms with Crippen LogP contribution in [0.1, 0.15) is 43.7 Å². The summed E-state index contributed by atoms with van der Waals surface area (Å²) in [7, 11) is 0. The second-order valence-corrected chi connectivity index (χ2v) is 8.03. The van der Waals surface area contributed by atoms with Gasteiger partial charge >= 0.3 is 6.11 Å². The van der Waals surface area contributed by atoms with E-state index in [1.165, 1.54) is 42.3 Å². The smallest absolute Gasteiger partial charge is 0.398 e. The number of alkyl halides is 2. The topological polar surface area (TPSA) is 9.23 Å². The molecule has 1 aliphatic rings. The standard InChI is InChI=1S/C26H24F4O/c1-2-3-4-5-17-6-8-18(9-7-17)21-15-22(27)25(23(28)16-21)20-10-11-24-19(14-20)12-13-26(29,30)31-24/h6-11,14-16H,2-5,12-13H2,1H3. The molecule has 1 nitrogen and oxygen atoms in total. The molecule has 0 amide bonds. The van der Waals surface area contributed by atoms with Crippen LogP contribution in [0.15, 0.2) is 54.6 Å². The van der Waals surface area contributed by atoms with E-state index in [4.69, 9.17) is 0 Å². The molecule has 31 heavy (non-hydrogen) atoms. The molecule has 0 bridgehead atoms. The van der Waals surface area contributed by atoms with Gasteiger partial charge in [-0.1, -0.05) is 50.1 Å². The van der Waals surface area contributed by atoms with Crippen LogP contribution in [0.5, 0.6) is 5.75 Å². The highest BCUT2D eigenvalue weighted by atomic mass is 19.3. The lowest BCUT2D eigenvalue weighted by molar-refractivity contribution is -0.187. The van der Waals surface area contributed by atoms with Crippen molar-refractivity contribution in [2.75, 3.05) is 0 Å². The van der Waals surface area contributed by atoms with Crippen molar-refractivity contribution in [3.8, 4) is 28.0 Å². The quantitative estimate of drug-likeness (QED) is 0.286. The molecule has 0 fully saturated rings. The Labute approximate surface area is 179 Å². The Kier molecular flexibility index (Phi) is 6.03. The van der Waals surface area contributed by atoms with E-state index in [0.717, 1.165) is 24.8 Å². The monoisotopic (exact) mass is 428 g/mol. The first-order valence-corrected chi connectivity index (χ1v) is 10.6.